The van der Waals surface area contributed by atoms with Gasteiger partial charge in [0.25, 0.3) is 11.5 Å². The number of benzene rings is 1. The van der Waals surface area contributed by atoms with Crippen LogP contribution in [0.4, 0.5) is 0 Å². The van der Waals surface area contributed by atoms with Gasteiger partial charge >= 0.3 is 5.97 Å². The van der Waals surface area contributed by atoms with Crippen LogP contribution >= 0.6 is 11.3 Å². The van der Waals surface area contributed by atoms with Gasteiger partial charge in [-0.05, 0) is 43.0 Å². The van der Waals surface area contributed by atoms with E-state index in [2.05, 4.69) is 10.3 Å². The minimum Gasteiger partial charge on any atom is -0.449 e. The molecule has 0 aliphatic carbocycles. The van der Waals surface area contributed by atoms with Gasteiger partial charge in [0.1, 0.15) is 5.82 Å². The number of esters is 1. The van der Waals surface area contributed by atoms with E-state index in [-0.39, 0.29) is 17.0 Å². The van der Waals surface area contributed by atoms with E-state index in [0.717, 1.165) is 23.5 Å². The number of aryl methyl sites for hydroxylation is 1. The molecule has 1 N–H and O–H groups in total. The second-order valence-corrected chi connectivity index (χ2v) is 7.70. The Morgan fingerprint density at radius 3 is 3.00 bits per heavy atom. The number of fused-ring (bicyclic) bond motifs is 2. The van der Waals surface area contributed by atoms with Crippen molar-refractivity contribution in [2.75, 3.05) is 0 Å². The number of rotatable bonds is 5. The molecule has 1 amide bonds. The third-order valence-corrected chi connectivity index (χ3v) is 5.60. The molecule has 28 heavy (non-hydrogen) atoms. The fraction of sp³-hybridized carbons (Fsp3) is 0.300. The summed E-state index contributed by atoms with van der Waals surface area (Å²) in [4.78, 5) is 42.6. The standard InChI is InChI=1S/C20H19N3O4S/c1-12(18(24)21-11-14-4-3-9-28-14)27-20(26)13-6-7-15-16(10-13)22-17-5-2-8-23(17)19(15)25/h3-4,6-7,9-10,12H,2,5,8,11H2,1H3,(H,21,24)/t12-/m1/s1. The maximum atomic E-state index is 12.5. The zero-order valence-corrected chi connectivity index (χ0v) is 16.1. The second kappa shape index (κ2) is 7.55. The smallest absolute Gasteiger partial charge is 0.338 e. The minimum atomic E-state index is -0.929. The van der Waals surface area contributed by atoms with Gasteiger partial charge in [-0.1, -0.05) is 6.07 Å². The van der Waals surface area contributed by atoms with Crippen LogP contribution in [0, 0.1) is 0 Å². The molecule has 3 heterocycles. The molecule has 1 aromatic carbocycles. The van der Waals surface area contributed by atoms with Gasteiger partial charge in [0.15, 0.2) is 6.10 Å². The molecule has 0 unspecified atom stereocenters. The van der Waals surface area contributed by atoms with Gasteiger partial charge in [-0.25, -0.2) is 9.78 Å². The van der Waals surface area contributed by atoms with E-state index >= 15 is 0 Å². The molecule has 1 aliphatic heterocycles. The Morgan fingerprint density at radius 1 is 1.36 bits per heavy atom. The van der Waals surface area contributed by atoms with Crippen LogP contribution in [0.15, 0.2) is 40.5 Å². The number of carbonyl (C=O) groups is 2. The Morgan fingerprint density at radius 2 is 2.21 bits per heavy atom. The van der Waals surface area contributed by atoms with Crippen molar-refractivity contribution in [1.29, 1.82) is 0 Å². The molecular weight excluding hydrogens is 378 g/mol. The van der Waals surface area contributed by atoms with Crippen molar-refractivity contribution in [2.24, 2.45) is 0 Å². The Bertz CT molecular complexity index is 1100. The van der Waals surface area contributed by atoms with Crippen molar-refractivity contribution in [1.82, 2.24) is 14.9 Å². The quantitative estimate of drug-likeness (QED) is 0.667. The lowest BCUT2D eigenvalue weighted by Crippen LogP contribution is -2.35. The summed E-state index contributed by atoms with van der Waals surface area (Å²) < 4.78 is 6.96. The summed E-state index contributed by atoms with van der Waals surface area (Å²) in [5.74, 6) is -0.246. The highest BCUT2D eigenvalue weighted by atomic mass is 32.1. The summed E-state index contributed by atoms with van der Waals surface area (Å²) in [6, 6.07) is 8.50. The average Bonchev–Trinajstić information content (AvgIpc) is 3.37. The number of thiophene rings is 1. The predicted molar refractivity (Wildman–Crippen MR) is 105 cm³/mol. The molecule has 0 spiro atoms. The van der Waals surface area contributed by atoms with E-state index in [1.807, 2.05) is 17.5 Å². The number of nitrogens with one attached hydrogen (secondary N) is 1. The molecule has 0 bridgehead atoms. The molecule has 4 rings (SSSR count). The predicted octanol–water partition coefficient (Wildman–Crippen LogP) is 2.27. The number of aromatic nitrogens is 2. The van der Waals surface area contributed by atoms with Crippen LogP contribution < -0.4 is 10.9 Å². The van der Waals surface area contributed by atoms with Crippen LogP contribution in [-0.4, -0.2) is 27.5 Å². The van der Waals surface area contributed by atoms with Crippen molar-refractivity contribution < 1.29 is 14.3 Å². The van der Waals surface area contributed by atoms with E-state index in [9.17, 15) is 14.4 Å². The molecule has 0 radical (unpaired) electrons. The molecule has 8 heteroatoms. The average molecular weight is 397 g/mol. The first-order chi connectivity index (χ1) is 13.5. The van der Waals surface area contributed by atoms with Crippen molar-refractivity contribution in [3.8, 4) is 0 Å². The molecule has 2 aromatic heterocycles. The van der Waals surface area contributed by atoms with Gasteiger partial charge in [-0.3, -0.25) is 14.2 Å². The summed E-state index contributed by atoms with van der Waals surface area (Å²) in [5, 5.41) is 5.15. The van der Waals surface area contributed by atoms with Crippen LogP contribution in [0.2, 0.25) is 0 Å². The Kier molecular flexibility index (Phi) is 4.95. The zero-order valence-electron chi connectivity index (χ0n) is 15.3. The molecule has 0 saturated heterocycles. The summed E-state index contributed by atoms with van der Waals surface area (Å²) in [6.45, 7) is 2.60. The number of carbonyl (C=O) groups excluding carboxylic acids is 2. The van der Waals surface area contributed by atoms with Crippen molar-refractivity contribution in [3.05, 3.63) is 62.3 Å². The van der Waals surface area contributed by atoms with Crippen LogP contribution in [0.1, 0.15) is 34.4 Å². The minimum absolute atomic E-state index is 0.0845. The van der Waals surface area contributed by atoms with Gasteiger partial charge in [0.05, 0.1) is 23.0 Å². The molecule has 7 nitrogen and oxygen atoms in total. The molecule has 144 valence electrons. The first-order valence-corrected chi connectivity index (χ1v) is 9.95. The highest BCUT2D eigenvalue weighted by Crippen LogP contribution is 2.17. The molecule has 1 atom stereocenters. The van der Waals surface area contributed by atoms with Crippen LogP contribution in [0.5, 0.6) is 0 Å². The number of hydrogen-bond acceptors (Lipinski definition) is 6. The summed E-state index contributed by atoms with van der Waals surface area (Å²) in [5.41, 5.74) is 0.654. The van der Waals surface area contributed by atoms with E-state index < -0.39 is 12.1 Å². The van der Waals surface area contributed by atoms with Crippen LogP contribution in [0.25, 0.3) is 10.9 Å². The molecule has 0 fully saturated rings. The molecule has 0 saturated carbocycles. The van der Waals surface area contributed by atoms with E-state index in [1.54, 1.807) is 28.0 Å². The molecular formula is C20H19N3O4S. The van der Waals surface area contributed by atoms with E-state index in [1.165, 1.54) is 13.0 Å². The highest BCUT2D eigenvalue weighted by molar-refractivity contribution is 7.09. The SMILES string of the molecule is C[C@@H](OC(=O)c1ccc2c(=O)n3c(nc2c1)CCC3)C(=O)NCc1cccs1. The first kappa shape index (κ1) is 18.4. The van der Waals surface area contributed by atoms with Gasteiger partial charge in [-0.15, -0.1) is 11.3 Å². The maximum Gasteiger partial charge on any atom is 0.338 e. The van der Waals surface area contributed by atoms with Gasteiger partial charge in [-0.2, -0.15) is 0 Å². The van der Waals surface area contributed by atoms with Crippen molar-refractivity contribution in [2.45, 2.75) is 39.0 Å². The lowest BCUT2D eigenvalue weighted by molar-refractivity contribution is -0.129. The third-order valence-electron chi connectivity index (χ3n) is 4.72. The van der Waals surface area contributed by atoms with Crippen LogP contribution in [-0.2, 0) is 29.0 Å². The maximum absolute atomic E-state index is 12.5. The monoisotopic (exact) mass is 397 g/mol. The second-order valence-electron chi connectivity index (χ2n) is 6.67. The van der Waals surface area contributed by atoms with Crippen molar-refractivity contribution in [3.63, 3.8) is 0 Å². The number of nitrogens with zero attached hydrogens (tertiary/aromatic N) is 2. The lowest BCUT2D eigenvalue weighted by atomic mass is 10.1. The fourth-order valence-corrected chi connectivity index (χ4v) is 3.87. The summed E-state index contributed by atoms with van der Waals surface area (Å²) in [6.07, 6.45) is 0.717. The molecule has 3 aromatic rings. The highest BCUT2D eigenvalue weighted by Gasteiger charge is 2.21. The van der Waals surface area contributed by atoms with Crippen LogP contribution in [0.3, 0.4) is 0 Å². The Hall–Kier alpha value is -3.00. The lowest BCUT2D eigenvalue weighted by Gasteiger charge is -2.13. The number of amides is 1. The number of hydrogen-bond donors (Lipinski definition) is 1. The zero-order chi connectivity index (χ0) is 19.7. The van der Waals surface area contributed by atoms with Gasteiger partial charge < -0.3 is 10.1 Å². The largest absolute Gasteiger partial charge is 0.449 e. The normalized spacial score (nSPS) is 13.9. The Balaban J connectivity index is 1.47. The third kappa shape index (κ3) is 3.55. The summed E-state index contributed by atoms with van der Waals surface area (Å²) >= 11 is 1.54. The van der Waals surface area contributed by atoms with E-state index in [4.69, 9.17) is 4.74 Å². The van der Waals surface area contributed by atoms with E-state index in [0.29, 0.717) is 24.0 Å². The van der Waals surface area contributed by atoms with Gasteiger partial charge in [0.2, 0.25) is 0 Å². The Labute approximate surface area is 165 Å². The first-order valence-electron chi connectivity index (χ1n) is 9.07. The number of ether oxygens (including phenoxy) is 1. The summed E-state index contributed by atoms with van der Waals surface area (Å²) in [7, 11) is 0. The topological polar surface area (TPSA) is 90.3 Å². The molecule has 1 aliphatic rings. The van der Waals surface area contributed by atoms with Crippen molar-refractivity contribution >= 4 is 34.1 Å². The fourth-order valence-electron chi connectivity index (χ4n) is 3.22. The van der Waals surface area contributed by atoms with Gasteiger partial charge in [0, 0.05) is 17.8 Å².